The molecule has 1 amide bonds. The smallest absolute Gasteiger partial charge is 0.251 e. The summed E-state index contributed by atoms with van der Waals surface area (Å²) < 4.78 is 30.3. The molecule has 7 nitrogen and oxygen atoms in total. The Morgan fingerprint density at radius 2 is 2.16 bits per heavy atom. The second kappa shape index (κ2) is 7.61. The van der Waals surface area contributed by atoms with Crippen molar-refractivity contribution in [3.8, 4) is 6.07 Å². The van der Waals surface area contributed by atoms with Crippen molar-refractivity contribution in [3.63, 3.8) is 0 Å². The van der Waals surface area contributed by atoms with Crippen LogP contribution in [-0.4, -0.2) is 39.8 Å². The van der Waals surface area contributed by atoms with E-state index in [1.807, 2.05) is 6.07 Å². The lowest BCUT2D eigenvalue weighted by Crippen LogP contribution is -2.27. The van der Waals surface area contributed by atoms with E-state index in [4.69, 9.17) is 0 Å². The average Bonchev–Trinajstić information content (AvgIpc) is 3.38. The highest BCUT2D eigenvalue weighted by molar-refractivity contribution is 5.94. The first-order valence-corrected chi connectivity index (χ1v) is 10.3. The Labute approximate surface area is 177 Å². The SMILES string of the molecule is N#Cc1cnn2ccc(N3C[C@@H](F)C[C@@H]3c3cc(F)cc(C(=O)NCC4CC4)c3)nc12. The largest absolute Gasteiger partial charge is 0.352 e. The molecular formula is C22H20F2N6O. The van der Waals surface area contributed by atoms with Crippen LogP contribution in [0.15, 0.2) is 36.7 Å². The third-order valence-corrected chi connectivity index (χ3v) is 5.83. The van der Waals surface area contributed by atoms with Crippen LogP contribution in [0.25, 0.3) is 5.65 Å². The quantitative estimate of drug-likeness (QED) is 0.683. The number of amides is 1. The third kappa shape index (κ3) is 3.81. The lowest BCUT2D eigenvalue weighted by atomic mass is 10.0. The standard InChI is InChI=1S/C22H20F2N6O/c23-17-6-14(5-15(7-17)22(31)26-10-13-1-2-13)19-8-18(24)12-29(19)20-3-4-30-21(28-20)16(9-25)11-27-30/h3-7,11,13,18-19H,1-2,8,10,12H2,(H,26,31)/t18-,19+/m0/s1. The summed E-state index contributed by atoms with van der Waals surface area (Å²) >= 11 is 0. The number of alkyl halides is 1. The average molecular weight is 422 g/mol. The van der Waals surface area contributed by atoms with Gasteiger partial charge in [0, 0.05) is 24.7 Å². The molecule has 0 bridgehead atoms. The summed E-state index contributed by atoms with van der Waals surface area (Å²) in [7, 11) is 0. The van der Waals surface area contributed by atoms with Gasteiger partial charge < -0.3 is 10.2 Å². The first kappa shape index (κ1) is 19.4. The number of nitrogens with one attached hydrogen (secondary N) is 1. The number of anilines is 1. The van der Waals surface area contributed by atoms with Crippen molar-refractivity contribution in [2.45, 2.75) is 31.5 Å². The molecule has 0 unspecified atom stereocenters. The van der Waals surface area contributed by atoms with Gasteiger partial charge in [0.1, 0.15) is 29.4 Å². The fraction of sp³-hybridized carbons (Fsp3) is 0.364. The van der Waals surface area contributed by atoms with Crippen LogP contribution in [0, 0.1) is 23.1 Å². The van der Waals surface area contributed by atoms with Gasteiger partial charge in [-0.25, -0.2) is 18.3 Å². The van der Waals surface area contributed by atoms with Gasteiger partial charge in [0.2, 0.25) is 0 Å². The van der Waals surface area contributed by atoms with Crippen molar-refractivity contribution < 1.29 is 13.6 Å². The number of carbonyl (C=O) groups excluding carboxylic acids is 1. The summed E-state index contributed by atoms with van der Waals surface area (Å²) in [6, 6.07) is 7.41. The summed E-state index contributed by atoms with van der Waals surface area (Å²) in [4.78, 5) is 18.7. The van der Waals surface area contributed by atoms with Crippen LogP contribution in [0.3, 0.4) is 0 Å². The highest BCUT2D eigenvalue weighted by atomic mass is 19.1. The van der Waals surface area contributed by atoms with Gasteiger partial charge >= 0.3 is 0 Å². The number of rotatable bonds is 5. The van der Waals surface area contributed by atoms with Gasteiger partial charge in [-0.3, -0.25) is 4.79 Å². The number of carbonyl (C=O) groups is 1. The Morgan fingerprint density at radius 1 is 1.32 bits per heavy atom. The molecule has 2 aromatic heterocycles. The topological polar surface area (TPSA) is 86.3 Å². The van der Waals surface area contributed by atoms with Gasteiger partial charge in [0.15, 0.2) is 5.65 Å². The molecule has 2 fully saturated rings. The number of hydrogen-bond donors (Lipinski definition) is 1. The van der Waals surface area contributed by atoms with E-state index in [-0.39, 0.29) is 24.4 Å². The second-order valence-corrected chi connectivity index (χ2v) is 8.15. The summed E-state index contributed by atoms with van der Waals surface area (Å²) in [6.45, 7) is 0.673. The molecule has 1 aliphatic heterocycles. The lowest BCUT2D eigenvalue weighted by molar-refractivity contribution is 0.0951. The maximum atomic E-state index is 14.5. The Bertz CT molecular complexity index is 1200. The molecule has 1 N–H and O–H groups in total. The highest BCUT2D eigenvalue weighted by Crippen LogP contribution is 2.37. The van der Waals surface area contributed by atoms with Crippen LogP contribution < -0.4 is 10.2 Å². The van der Waals surface area contributed by atoms with Crippen molar-refractivity contribution >= 4 is 17.4 Å². The molecule has 3 heterocycles. The number of nitriles is 1. The zero-order chi connectivity index (χ0) is 21.5. The van der Waals surface area contributed by atoms with Crippen molar-refractivity contribution in [2.24, 2.45) is 5.92 Å². The molecule has 2 aliphatic rings. The first-order chi connectivity index (χ1) is 15.0. The van der Waals surface area contributed by atoms with Gasteiger partial charge in [0.05, 0.1) is 18.8 Å². The van der Waals surface area contributed by atoms with Gasteiger partial charge in [-0.2, -0.15) is 10.4 Å². The van der Waals surface area contributed by atoms with E-state index >= 15 is 0 Å². The fourth-order valence-corrected chi connectivity index (χ4v) is 4.05. The number of halogens is 2. The zero-order valence-corrected chi connectivity index (χ0v) is 16.6. The second-order valence-electron chi connectivity index (χ2n) is 8.15. The monoisotopic (exact) mass is 422 g/mol. The minimum absolute atomic E-state index is 0.0869. The van der Waals surface area contributed by atoms with Crippen molar-refractivity contribution in [1.82, 2.24) is 19.9 Å². The number of aromatic nitrogens is 3. The molecule has 1 aliphatic carbocycles. The molecule has 1 aromatic carbocycles. The highest BCUT2D eigenvalue weighted by Gasteiger charge is 2.35. The molecule has 3 aromatic rings. The molecular weight excluding hydrogens is 402 g/mol. The predicted octanol–water partition coefficient (Wildman–Crippen LogP) is 3.17. The summed E-state index contributed by atoms with van der Waals surface area (Å²) in [5.74, 6) is 0.116. The molecule has 2 atom stereocenters. The molecule has 5 rings (SSSR count). The summed E-state index contributed by atoms with van der Waals surface area (Å²) in [6.07, 6.45) is 4.31. The van der Waals surface area contributed by atoms with Crippen LogP contribution in [0.4, 0.5) is 14.6 Å². The molecule has 1 saturated heterocycles. The molecule has 1 saturated carbocycles. The van der Waals surface area contributed by atoms with Crippen LogP contribution in [-0.2, 0) is 0 Å². The maximum Gasteiger partial charge on any atom is 0.251 e. The molecule has 0 spiro atoms. The van der Waals surface area contributed by atoms with Crippen LogP contribution in [0.2, 0.25) is 0 Å². The number of nitrogens with zero attached hydrogens (tertiary/aromatic N) is 5. The Morgan fingerprint density at radius 3 is 2.94 bits per heavy atom. The van der Waals surface area contributed by atoms with E-state index in [0.29, 0.717) is 35.1 Å². The van der Waals surface area contributed by atoms with Gasteiger partial charge in [0.25, 0.3) is 5.91 Å². The predicted molar refractivity (Wildman–Crippen MR) is 109 cm³/mol. The van der Waals surface area contributed by atoms with Gasteiger partial charge in [-0.1, -0.05) is 0 Å². The number of fused-ring (bicyclic) bond motifs is 1. The van der Waals surface area contributed by atoms with Crippen LogP contribution >= 0.6 is 0 Å². The van der Waals surface area contributed by atoms with Crippen molar-refractivity contribution in [2.75, 3.05) is 18.0 Å². The Kier molecular flexibility index (Phi) is 4.77. The Balaban J connectivity index is 1.47. The summed E-state index contributed by atoms with van der Waals surface area (Å²) in [5.41, 5.74) is 1.44. The Hall–Kier alpha value is -3.54. The molecule has 0 radical (unpaired) electrons. The third-order valence-electron chi connectivity index (χ3n) is 5.83. The van der Waals surface area contributed by atoms with Crippen LogP contribution in [0.5, 0.6) is 0 Å². The van der Waals surface area contributed by atoms with E-state index < -0.39 is 18.0 Å². The van der Waals surface area contributed by atoms with Gasteiger partial charge in [-0.05, 0) is 48.6 Å². The molecule has 31 heavy (non-hydrogen) atoms. The molecule has 158 valence electrons. The van der Waals surface area contributed by atoms with E-state index in [2.05, 4.69) is 15.4 Å². The number of hydrogen-bond acceptors (Lipinski definition) is 5. The van der Waals surface area contributed by atoms with Crippen molar-refractivity contribution in [3.05, 3.63) is 59.2 Å². The zero-order valence-electron chi connectivity index (χ0n) is 16.6. The maximum absolute atomic E-state index is 14.5. The fourth-order valence-electron chi connectivity index (χ4n) is 4.05. The van der Waals surface area contributed by atoms with E-state index in [1.54, 1.807) is 23.2 Å². The lowest BCUT2D eigenvalue weighted by Gasteiger charge is -2.26. The normalized spacial score (nSPS) is 20.7. The number of benzene rings is 1. The van der Waals surface area contributed by atoms with Crippen molar-refractivity contribution in [1.29, 1.82) is 5.26 Å². The minimum atomic E-state index is -1.13. The molecule has 9 heteroatoms. The van der Waals surface area contributed by atoms with E-state index in [9.17, 15) is 18.8 Å². The summed E-state index contributed by atoms with van der Waals surface area (Å²) in [5, 5.41) is 16.2. The first-order valence-electron chi connectivity index (χ1n) is 10.3. The van der Waals surface area contributed by atoms with Gasteiger partial charge in [-0.15, -0.1) is 0 Å². The minimum Gasteiger partial charge on any atom is -0.352 e. The van der Waals surface area contributed by atoms with E-state index in [0.717, 1.165) is 12.8 Å². The van der Waals surface area contributed by atoms with Crippen LogP contribution in [0.1, 0.15) is 46.8 Å². The van der Waals surface area contributed by atoms with E-state index in [1.165, 1.54) is 22.8 Å².